The molecule has 3 N–H and O–H groups in total. The van der Waals surface area contributed by atoms with Crippen LogP contribution < -0.4 is 24.8 Å². The third-order valence-electron chi connectivity index (χ3n) is 7.63. The van der Waals surface area contributed by atoms with Gasteiger partial charge < -0.3 is 34.7 Å². The molecule has 1 saturated heterocycles. The molecular weight excluding hydrogens is 570 g/mol. The van der Waals surface area contributed by atoms with Crippen LogP contribution in [0.15, 0.2) is 48.7 Å². The molecule has 2 aromatic heterocycles. The van der Waals surface area contributed by atoms with Gasteiger partial charge in [0.25, 0.3) is 5.91 Å². The van der Waals surface area contributed by atoms with Gasteiger partial charge >= 0.3 is 0 Å². The van der Waals surface area contributed by atoms with Crippen molar-refractivity contribution in [3.63, 3.8) is 0 Å². The fraction of sp³-hybridized carbons (Fsp3) is 0.387. The Balaban J connectivity index is 1.05. The number of fused-ring (bicyclic) bond motifs is 2. The summed E-state index contributed by atoms with van der Waals surface area (Å²) in [4.78, 5) is 29.1. The number of imidazole rings is 1. The molecule has 6 rings (SSSR count). The molecule has 0 saturated carbocycles. The summed E-state index contributed by atoms with van der Waals surface area (Å²) in [5.41, 5.74) is 4.29. The van der Waals surface area contributed by atoms with Crippen molar-refractivity contribution >= 4 is 34.4 Å². The lowest BCUT2D eigenvalue weighted by molar-refractivity contribution is -0.123. The van der Waals surface area contributed by atoms with E-state index < -0.39 is 0 Å². The van der Waals surface area contributed by atoms with Gasteiger partial charge in [0, 0.05) is 44.3 Å². The lowest BCUT2D eigenvalue weighted by atomic mass is 10.0. The standard InChI is InChI=1S/C31H36ClN7O4/c1-38(2)14-11-33-27(40)18-41-23-6-4-21(5-7-23)30-36-29-28(24(32)16-34-31(29)37-30)35-22-9-12-39(13-10-22)17-20-3-8-25-26(15-20)43-19-42-25/h3-8,15-16,22H,9-14,17-19H2,1-2H3,(H,33,40)(H2,34,35,36,37). The minimum absolute atomic E-state index is 0.0355. The number of nitrogens with zero attached hydrogens (tertiary/aromatic N) is 4. The summed E-state index contributed by atoms with van der Waals surface area (Å²) in [6, 6.07) is 13.9. The number of anilines is 1. The molecule has 1 fully saturated rings. The third-order valence-corrected chi connectivity index (χ3v) is 7.92. The molecular formula is C31H36ClN7O4. The van der Waals surface area contributed by atoms with Gasteiger partial charge in [-0.3, -0.25) is 9.69 Å². The number of carbonyl (C=O) groups excluding carboxylic acids is 1. The molecule has 0 atom stereocenters. The van der Waals surface area contributed by atoms with E-state index in [-0.39, 0.29) is 18.6 Å². The predicted molar refractivity (Wildman–Crippen MR) is 166 cm³/mol. The number of hydrogen-bond donors (Lipinski definition) is 3. The number of rotatable bonds is 11. The van der Waals surface area contributed by atoms with E-state index in [1.54, 1.807) is 6.20 Å². The number of likely N-dealkylation sites (tertiary alicyclic amines) is 1. The Morgan fingerprint density at radius 3 is 2.72 bits per heavy atom. The molecule has 0 unspecified atom stereocenters. The summed E-state index contributed by atoms with van der Waals surface area (Å²) >= 11 is 6.63. The van der Waals surface area contributed by atoms with E-state index in [0.717, 1.165) is 67.3 Å². The highest BCUT2D eigenvalue weighted by atomic mass is 35.5. The Labute approximate surface area is 255 Å². The zero-order valence-electron chi connectivity index (χ0n) is 24.4. The largest absolute Gasteiger partial charge is 0.484 e. The number of aromatic amines is 1. The highest BCUT2D eigenvalue weighted by Gasteiger charge is 2.23. The summed E-state index contributed by atoms with van der Waals surface area (Å²) in [6.45, 7) is 4.43. The molecule has 1 amide bonds. The second-order valence-electron chi connectivity index (χ2n) is 11.1. The Kier molecular flexibility index (Phi) is 8.82. The predicted octanol–water partition coefficient (Wildman–Crippen LogP) is 4.14. The maximum absolute atomic E-state index is 12.0. The molecule has 0 spiro atoms. The van der Waals surface area contributed by atoms with Gasteiger partial charge in [0.1, 0.15) is 17.1 Å². The van der Waals surface area contributed by atoms with Gasteiger partial charge in [-0.25, -0.2) is 9.97 Å². The van der Waals surface area contributed by atoms with Crippen LogP contribution in [0.25, 0.3) is 22.6 Å². The second kappa shape index (κ2) is 13.1. The molecule has 11 nitrogen and oxygen atoms in total. The lowest BCUT2D eigenvalue weighted by Gasteiger charge is -2.33. The van der Waals surface area contributed by atoms with Gasteiger partial charge in [0.2, 0.25) is 6.79 Å². The number of amides is 1. The van der Waals surface area contributed by atoms with Crippen LogP contribution >= 0.6 is 11.6 Å². The molecule has 12 heteroatoms. The average molecular weight is 606 g/mol. The number of halogens is 1. The Bertz CT molecular complexity index is 1570. The summed E-state index contributed by atoms with van der Waals surface area (Å²) in [7, 11) is 3.92. The van der Waals surface area contributed by atoms with E-state index in [1.165, 1.54) is 5.56 Å². The number of pyridine rings is 1. The van der Waals surface area contributed by atoms with E-state index in [0.29, 0.717) is 35.6 Å². The van der Waals surface area contributed by atoms with Gasteiger partial charge in [-0.15, -0.1) is 0 Å². The van der Waals surface area contributed by atoms with Crippen molar-refractivity contribution in [1.29, 1.82) is 0 Å². The minimum atomic E-state index is -0.151. The molecule has 0 radical (unpaired) electrons. The minimum Gasteiger partial charge on any atom is -0.484 e. The fourth-order valence-electron chi connectivity index (χ4n) is 5.28. The molecule has 0 bridgehead atoms. The Morgan fingerprint density at radius 1 is 1.14 bits per heavy atom. The zero-order chi connectivity index (χ0) is 29.8. The molecule has 2 aliphatic heterocycles. The highest BCUT2D eigenvalue weighted by Crippen LogP contribution is 2.34. The number of benzene rings is 2. The molecule has 0 aliphatic carbocycles. The number of aromatic nitrogens is 3. The summed E-state index contributed by atoms with van der Waals surface area (Å²) < 4.78 is 16.6. The number of nitrogens with one attached hydrogen (secondary N) is 3. The summed E-state index contributed by atoms with van der Waals surface area (Å²) in [5.74, 6) is 2.77. The first-order chi connectivity index (χ1) is 20.9. The van der Waals surface area contributed by atoms with Crippen molar-refractivity contribution in [3.05, 3.63) is 59.2 Å². The molecule has 4 heterocycles. The van der Waals surface area contributed by atoms with E-state index in [1.807, 2.05) is 49.3 Å². The van der Waals surface area contributed by atoms with E-state index in [2.05, 4.69) is 37.6 Å². The van der Waals surface area contributed by atoms with Crippen LogP contribution in [0, 0.1) is 0 Å². The van der Waals surface area contributed by atoms with Crippen molar-refractivity contribution in [1.82, 2.24) is 30.1 Å². The van der Waals surface area contributed by atoms with Crippen molar-refractivity contribution in [3.8, 4) is 28.6 Å². The average Bonchev–Trinajstić information content (AvgIpc) is 3.66. The third kappa shape index (κ3) is 7.12. The van der Waals surface area contributed by atoms with Crippen molar-refractivity contribution in [2.75, 3.05) is 59.0 Å². The SMILES string of the molecule is CN(C)CCNC(=O)COc1ccc(-c2nc3ncc(Cl)c(NC4CCN(Cc5ccc6c(c5)OCO6)CC4)c3[nH]2)cc1. The first kappa shape index (κ1) is 29.0. The monoisotopic (exact) mass is 605 g/mol. The quantitative estimate of drug-likeness (QED) is 0.232. The van der Waals surface area contributed by atoms with Crippen LogP contribution in [0.3, 0.4) is 0 Å². The smallest absolute Gasteiger partial charge is 0.257 e. The van der Waals surface area contributed by atoms with Crippen LogP contribution in [0.1, 0.15) is 18.4 Å². The van der Waals surface area contributed by atoms with Crippen molar-refractivity contribution in [2.24, 2.45) is 0 Å². The molecule has 2 aliphatic rings. The second-order valence-corrected chi connectivity index (χ2v) is 11.5. The summed E-state index contributed by atoms with van der Waals surface area (Å²) in [6.07, 6.45) is 3.62. The number of piperidine rings is 1. The lowest BCUT2D eigenvalue weighted by Crippen LogP contribution is -2.38. The maximum atomic E-state index is 12.0. The van der Waals surface area contributed by atoms with Crippen LogP contribution in [0.2, 0.25) is 5.02 Å². The van der Waals surface area contributed by atoms with Crippen LogP contribution in [-0.2, 0) is 11.3 Å². The molecule has 43 heavy (non-hydrogen) atoms. The topological polar surface area (TPSA) is 117 Å². The first-order valence-corrected chi connectivity index (χ1v) is 14.9. The Morgan fingerprint density at radius 2 is 1.93 bits per heavy atom. The number of H-pyrrole nitrogens is 1. The van der Waals surface area contributed by atoms with Gasteiger partial charge in [0.15, 0.2) is 23.8 Å². The zero-order valence-corrected chi connectivity index (χ0v) is 25.1. The number of hydrogen-bond acceptors (Lipinski definition) is 9. The number of likely N-dealkylation sites (N-methyl/N-ethyl adjacent to an activating group) is 1. The molecule has 2 aromatic carbocycles. The number of carbonyl (C=O) groups is 1. The van der Waals surface area contributed by atoms with E-state index >= 15 is 0 Å². The molecule has 4 aromatic rings. The normalized spacial score (nSPS) is 15.3. The fourth-order valence-corrected chi connectivity index (χ4v) is 5.47. The summed E-state index contributed by atoms with van der Waals surface area (Å²) in [5, 5.41) is 7.06. The Hall–Kier alpha value is -4.06. The van der Waals surface area contributed by atoms with Gasteiger partial charge in [-0.2, -0.15) is 0 Å². The van der Waals surface area contributed by atoms with Gasteiger partial charge in [-0.05, 0) is 68.9 Å². The maximum Gasteiger partial charge on any atom is 0.257 e. The van der Waals surface area contributed by atoms with Crippen LogP contribution in [0.5, 0.6) is 17.2 Å². The van der Waals surface area contributed by atoms with Crippen LogP contribution in [-0.4, -0.2) is 90.4 Å². The molecule has 226 valence electrons. The first-order valence-electron chi connectivity index (χ1n) is 14.5. The van der Waals surface area contributed by atoms with E-state index in [9.17, 15) is 4.79 Å². The van der Waals surface area contributed by atoms with E-state index in [4.69, 9.17) is 30.8 Å². The van der Waals surface area contributed by atoms with Crippen molar-refractivity contribution < 1.29 is 19.0 Å². The highest BCUT2D eigenvalue weighted by molar-refractivity contribution is 6.34. The van der Waals surface area contributed by atoms with Crippen molar-refractivity contribution in [2.45, 2.75) is 25.4 Å². The van der Waals surface area contributed by atoms with Gasteiger partial charge in [-0.1, -0.05) is 17.7 Å². The van der Waals surface area contributed by atoms with Crippen LogP contribution in [0.4, 0.5) is 5.69 Å². The van der Waals surface area contributed by atoms with Gasteiger partial charge in [0.05, 0.1) is 16.9 Å². The number of ether oxygens (including phenoxy) is 3.